The summed E-state index contributed by atoms with van der Waals surface area (Å²) in [4.78, 5) is 0. The molecule has 2 aromatic heterocycles. The molecule has 2 heterocycles. The molecule has 0 radical (unpaired) electrons. The van der Waals surface area contributed by atoms with Gasteiger partial charge in [0.15, 0.2) is 0 Å². The SMILES string of the molecule is CSc1n[nH]c2c(N)ccc[n+]12.[I-]. The first kappa shape index (κ1) is 10.6. The van der Waals surface area contributed by atoms with Crippen molar-refractivity contribution in [2.75, 3.05) is 12.0 Å². The highest BCUT2D eigenvalue weighted by atomic mass is 127. The fourth-order valence-electron chi connectivity index (χ4n) is 1.10. The van der Waals surface area contributed by atoms with Crippen molar-refractivity contribution in [2.24, 2.45) is 0 Å². The van der Waals surface area contributed by atoms with E-state index in [1.54, 1.807) is 11.8 Å². The number of hydrogen-bond donors (Lipinski definition) is 2. The highest BCUT2D eigenvalue weighted by Gasteiger charge is 2.12. The van der Waals surface area contributed by atoms with Crippen LogP contribution in [0.3, 0.4) is 0 Å². The van der Waals surface area contributed by atoms with Gasteiger partial charge in [-0.15, -0.1) is 5.10 Å². The summed E-state index contributed by atoms with van der Waals surface area (Å²) in [7, 11) is 0. The number of aromatic nitrogens is 3. The first-order valence-electron chi connectivity index (χ1n) is 3.51. The number of halogens is 1. The van der Waals surface area contributed by atoms with Gasteiger partial charge in [0.25, 0.3) is 5.65 Å². The molecule has 0 spiro atoms. The van der Waals surface area contributed by atoms with Crippen LogP contribution in [0.5, 0.6) is 0 Å². The molecule has 3 N–H and O–H groups in total. The number of nitrogens with one attached hydrogen (secondary N) is 1. The number of anilines is 1. The standard InChI is InChI=1S/C7H8N4S.HI/c1-12-7-10-9-6-5(8)3-2-4-11(6)7;/h2-4H,8H2,1H3;1H. The molecule has 13 heavy (non-hydrogen) atoms. The van der Waals surface area contributed by atoms with Gasteiger partial charge in [-0.2, -0.15) is 4.40 Å². The Bertz CT molecular complexity index is 414. The van der Waals surface area contributed by atoms with Crippen LogP contribution in [0.2, 0.25) is 0 Å². The number of fused-ring (bicyclic) bond motifs is 1. The minimum Gasteiger partial charge on any atom is -1.00 e. The zero-order valence-corrected chi connectivity index (χ0v) is 9.96. The van der Waals surface area contributed by atoms with Crippen molar-refractivity contribution in [2.45, 2.75) is 5.16 Å². The van der Waals surface area contributed by atoms with Crippen LogP contribution in [0.15, 0.2) is 23.5 Å². The summed E-state index contributed by atoms with van der Waals surface area (Å²) in [5, 5.41) is 7.88. The molecule has 4 nitrogen and oxygen atoms in total. The van der Waals surface area contributed by atoms with Crippen LogP contribution in [0.1, 0.15) is 0 Å². The first-order chi connectivity index (χ1) is 5.83. The number of rotatable bonds is 1. The number of hydrogen-bond acceptors (Lipinski definition) is 3. The van der Waals surface area contributed by atoms with Crippen molar-refractivity contribution in [1.29, 1.82) is 0 Å². The van der Waals surface area contributed by atoms with Gasteiger partial charge in [0.2, 0.25) is 0 Å². The number of thioether (sulfide) groups is 1. The molecular weight excluding hydrogens is 299 g/mol. The van der Waals surface area contributed by atoms with Gasteiger partial charge in [-0.1, -0.05) is 11.8 Å². The zero-order chi connectivity index (χ0) is 8.55. The molecule has 0 aliphatic rings. The molecule has 0 bridgehead atoms. The third-order valence-electron chi connectivity index (χ3n) is 1.67. The second-order valence-electron chi connectivity index (χ2n) is 2.39. The Labute approximate surface area is 96.9 Å². The van der Waals surface area contributed by atoms with Crippen molar-refractivity contribution in [1.82, 2.24) is 10.2 Å². The quantitative estimate of drug-likeness (QED) is 0.347. The molecule has 0 fully saturated rings. The van der Waals surface area contributed by atoms with Crippen LogP contribution in [0.25, 0.3) is 5.65 Å². The molecule has 0 saturated heterocycles. The Kier molecular flexibility index (Phi) is 3.37. The summed E-state index contributed by atoms with van der Waals surface area (Å²) < 4.78 is 1.93. The fraction of sp³-hybridized carbons (Fsp3) is 0.143. The van der Waals surface area contributed by atoms with E-state index >= 15 is 0 Å². The Balaban J connectivity index is 0.000000845. The lowest BCUT2D eigenvalue weighted by Gasteiger charge is -1.90. The van der Waals surface area contributed by atoms with Gasteiger partial charge in [-0.3, -0.25) is 0 Å². The van der Waals surface area contributed by atoms with Crippen LogP contribution in [-0.2, 0) is 0 Å². The van der Waals surface area contributed by atoms with Crippen molar-refractivity contribution in [3.63, 3.8) is 0 Å². The summed E-state index contributed by atoms with van der Waals surface area (Å²) in [6.45, 7) is 0. The van der Waals surface area contributed by atoms with E-state index in [9.17, 15) is 0 Å². The molecular formula is C7H9IN4S. The molecule has 0 saturated carbocycles. The number of aromatic amines is 1. The van der Waals surface area contributed by atoms with Crippen LogP contribution in [0.4, 0.5) is 5.69 Å². The lowest BCUT2D eigenvalue weighted by atomic mass is 10.4. The largest absolute Gasteiger partial charge is 1.00 e. The van der Waals surface area contributed by atoms with Gasteiger partial charge in [0.1, 0.15) is 5.69 Å². The van der Waals surface area contributed by atoms with Crippen molar-refractivity contribution < 1.29 is 28.4 Å². The highest BCUT2D eigenvalue weighted by molar-refractivity contribution is 7.98. The maximum atomic E-state index is 5.72. The average molecular weight is 308 g/mol. The minimum absolute atomic E-state index is 0. The predicted molar refractivity (Wildman–Crippen MR) is 47.9 cm³/mol. The topological polar surface area (TPSA) is 58.8 Å². The second-order valence-corrected chi connectivity index (χ2v) is 3.17. The molecule has 0 aromatic carbocycles. The van der Waals surface area contributed by atoms with E-state index < -0.39 is 0 Å². The van der Waals surface area contributed by atoms with Crippen molar-refractivity contribution in [3.8, 4) is 0 Å². The number of nitrogen functional groups attached to an aromatic ring is 1. The Morgan fingerprint density at radius 2 is 2.38 bits per heavy atom. The van der Waals surface area contributed by atoms with Crippen LogP contribution in [0, 0.1) is 0 Å². The van der Waals surface area contributed by atoms with Gasteiger partial charge >= 0.3 is 5.16 Å². The van der Waals surface area contributed by atoms with E-state index in [2.05, 4.69) is 10.2 Å². The van der Waals surface area contributed by atoms with Crippen LogP contribution in [-0.4, -0.2) is 16.5 Å². The molecule has 0 unspecified atom stereocenters. The van der Waals surface area contributed by atoms with E-state index in [1.807, 2.05) is 29.0 Å². The van der Waals surface area contributed by atoms with E-state index in [1.165, 1.54) is 0 Å². The Morgan fingerprint density at radius 1 is 1.62 bits per heavy atom. The van der Waals surface area contributed by atoms with E-state index in [4.69, 9.17) is 5.73 Å². The number of pyridine rings is 1. The molecule has 0 amide bonds. The Hall–Kier alpha value is -0.500. The van der Waals surface area contributed by atoms with Crippen molar-refractivity contribution >= 4 is 23.1 Å². The zero-order valence-electron chi connectivity index (χ0n) is 6.99. The lowest BCUT2D eigenvalue weighted by Crippen LogP contribution is -3.00. The van der Waals surface area contributed by atoms with E-state index in [0.717, 1.165) is 10.8 Å². The van der Waals surface area contributed by atoms with Gasteiger partial charge in [-0.05, 0) is 18.4 Å². The summed E-state index contributed by atoms with van der Waals surface area (Å²) in [5.41, 5.74) is 7.29. The third-order valence-corrected chi connectivity index (χ3v) is 2.32. The maximum absolute atomic E-state index is 5.72. The number of nitrogens with zero attached hydrogens (tertiary/aromatic N) is 2. The van der Waals surface area contributed by atoms with Gasteiger partial charge in [0.05, 0.1) is 11.3 Å². The smallest absolute Gasteiger partial charge is 0.341 e. The second kappa shape index (κ2) is 4.14. The summed E-state index contributed by atoms with van der Waals surface area (Å²) in [6, 6.07) is 3.75. The normalized spacial score (nSPS) is 9.92. The number of nitrogens with two attached hydrogens (primary N) is 1. The Morgan fingerprint density at radius 3 is 3.08 bits per heavy atom. The lowest BCUT2D eigenvalue weighted by molar-refractivity contribution is -0.555. The van der Waals surface area contributed by atoms with Gasteiger partial charge in [0, 0.05) is 0 Å². The van der Waals surface area contributed by atoms with Gasteiger partial charge < -0.3 is 29.7 Å². The van der Waals surface area contributed by atoms with E-state index in [0.29, 0.717) is 5.69 Å². The maximum Gasteiger partial charge on any atom is 0.341 e. The highest BCUT2D eigenvalue weighted by Crippen LogP contribution is 2.09. The average Bonchev–Trinajstić information content (AvgIpc) is 2.49. The third kappa shape index (κ3) is 1.73. The first-order valence-corrected chi connectivity index (χ1v) is 4.73. The predicted octanol–water partition coefficient (Wildman–Crippen LogP) is -2.54. The van der Waals surface area contributed by atoms with Crippen LogP contribution >= 0.6 is 11.8 Å². The minimum atomic E-state index is 0. The van der Waals surface area contributed by atoms with E-state index in [-0.39, 0.29) is 24.0 Å². The monoisotopic (exact) mass is 308 g/mol. The van der Waals surface area contributed by atoms with Crippen molar-refractivity contribution in [3.05, 3.63) is 18.3 Å². The molecule has 2 aromatic rings. The summed E-state index contributed by atoms with van der Waals surface area (Å²) >= 11 is 1.58. The molecule has 0 aliphatic carbocycles. The van der Waals surface area contributed by atoms with Gasteiger partial charge in [-0.25, -0.2) is 0 Å². The number of H-pyrrole nitrogens is 1. The molecule has 6 heteroatoms. The van der Waals surface area contributed by atoms with Crippen LogP contribution < -0.4 is 34.1 Å². The summed E-state index contributed by atoms with van der Waals surface area (Å²) in [6.07, 6.45) is 3.91. The molecule has 70 valence electrons. The molecule has 0 atom stereocenters. The molecule has 2 rings (SSSR count). The molecule has 0 aliphatic heterocycles. The summed E-state index contributed by atoms with van der Waals surface area (Å²) in [5.74, 6) is 0. The fourth-order valence-corrected chi connectivity index (χ4v) is 1.59.